The molecule has 3 heterocycles. The number of hydrogen-bond acceptors (Lipinski definition) is 7. The first-order valence-corrected chi connectivity index (χ1v) is 9.96. The van der Waals surface area contributed by atoms with E-state index < -0.39 is 0 Å². The molecule has 1 saturated heterocycles. The number of nitrogens with zero attached hydrogens (tertiary/aromatic N) is 3. The maximum atomic E-state index is 6.25. The van der Waals surface area contributed by atoms with E-state index in [0.717, 1.165) is 19.5 Å². The molecular weight excluding hydrogens is 368 g/mol. The van der Waals surface area contributed by atoms with Crippen LogP contribution in [-0.4, -0.2) is 47.9 Å². The Morgan fingerprint density at radius 1 is 1.30 bits per heavy atom. The van der Waals surface area contributed by atoms with E-state index in [1.165, 1.54) is 25.8 Å². The molecule has 1 aromatic heterocycles. The summed E-state index contributed by atoms with van der Waals surface area (Å²) in [4.78, 5) is 7.10. The SMILES string of the molecule is CCCCN1CCC(Cc2noc(-c3cc(Cl)c(N)c4c3OCCO4)n2)C1. The lowest BCUT2D eigenvalue weighted by molar-refractivity contribution is 0.173. The smallest absolute Gasteiger partial charge is 0.261 e. The standard InChI is InChI=1S/C19H25ClN4O3/c1-2-3-5-24-6-4-12(11-24)9-15-22-19(27-23-15)13-10-14(20)16(21)18-17(13)25-7-8-26-18/h10,12H,2-9,11,21H2,1H3. The fraction of sp³-hybridized carbons (Fsp3) is 0.579. The monoisotopic (exact) mass is 392 g/mol. The first-order chi connectivity index (χ1) is 13.2. The van der Waals surface area contributed by atoms with Crippen LogP contribution in [0.25, 0.3) is 11.5 Å². The zero-order chi connectivity index (χ0) is 18.8. The molecule has 8 heteroatoms. The van der Waals surface area contributed by atoms with Crippen molar-refractivity contribution in [2.45, 2.75) is 32.6 Å². The molecule has 0 aliphatic carbocycles. The van der Waals surface area contributed by atoms with Gasteiger partial charge in [-0.25, -0.2) is 0 Å². The van der Waals surface area contributed by atoms with Gasteiger partial charge in [-0.05, 0) is 37.9 Å². The highest BCUT2D eigenvalue weighted by Gasteiger charge is 2.27. The number of fused-ring (bicyclic) bond motifs is 1. The van der Waals surface area contributed by atoms with Gasteiger partial charge in [0.1, 0.15) is 13.2 Å². The molecule has 2 aliphatic rings. The Morgan fingerprint density at radius 3 is 2.93 bits per heavy atom. The normalized spacial score (nSPS) is 19.6. The summed E-state index contributed by atoms with van der Waals surface area (Å²) >= 11 is 6.25. The molecule has 146 valence electrons. The molecule has 0 saturated carbocycles. The Morgan fingerprint density at radius 2 is 2.11 bits per heavy atom. The number of unbranched alkanes of at least 4 members (excludes halogenated alkanes) is 1. The highest BCUT2D eigenvalue weighted by atomic mass is 35.5. The topological polar surface area (TPSA) is 86.6 Å². The molecule has 1 fully saturated rings. The van der Waals surface area contributed by atoms with Gasteiger partial charge in [0.2, 0.25) is 0 Å². The zero-order valence-corrected chi connectivity index (χ0v) is 16.3. The second kappa shape index (κ2) is 7.94. The minimum absolute atomic E-state index is 0.369. The van der Waals surface area contributed by atoms with Crippen LogP contribution in [0, 0.1) is 5.92 Å². The number of likely N-dealkylation sites (tertiary alicyclic amines) is 1. The van der Waals surface area contributed by atoms with Gasteiger partial charge in [-0.2, -0.15) is 4.98 Å². The Kier molecular flexibility index (Phi) is 5.41. The summed E-state index contributed by atoms with van der Waals surface area (Å²) in [5, 5.41) is 4.55. The van der Waals surface area contributed by atoms with Gasteiger partial charge in [-0.15, -0.1) is 0 Å². The number of benzene rings is 1. The van der Waals surface area contributed by atoms with Crippen molar-refractivity contribution < 1.29 is 14.0 Å². The van der Waals surface area contributed by atoms with Crippen LogP contribution in [0.3, 0.4) is 0 Å². The van der Waals surface area contributed by atoms with Gasteiger partial charge >= 0.3 is 0 Å². The average Bonchev–Trinajstić information content (AvgIpc) is 3.33. The molecule has 27 heavy (non-hydrogen) atoms. The molecule has 4 rings (SSSR count). The van der Waals surface area contributed by atoms with Gasteiger partial charge in [-0.3, -0.25) is 0 Å². The summed E-state index contributed by atoms with van der Waals surface area (Å²) < 4.78 is 16.9. The fourth-order valence-corrected chi connectivity index (χ4v) is 3.92. The molecule has 0 spiro atoms. The number of anilines is 1. The van der Waals surface area contributed by atoms with E-state index in [1.54, 1.807) is 6.07 Å². The third-order valence-electron chi connectivity index (χ3n) is 5.17. The molecular formula is C19H25ClN4O3. The van der Waals surface area contributed by atoms with Crippen LogP contribution in [0.2, 0.25) is 5.02 Å². The van der Waals surface area contributed by atoms with E-state index in [0.29, 0.717) is 58.6 Å². The second-order valence-corrected chi connectivity index (χ2v) is 7.61. The van der Waals surface area contributed by atoms with Crippen molar-refractivity contribution >= 4 is 17.3 Å². The highest BCUT2D eigenvalue weighted by Crippen LogP contribution is 2.47. The van der Waals surface area contributed by atoms with Crippen LogP contribution in [0.1, 0.15) is 32.0 Å². The number of rotatable bonds is 6. The van der Waals surface area contributed by atoms with Gasteiger partial charge in [0.15, 0.2) is 17.3 Å². The molecule has 7 nitrogen and oxygen atoms in total. The summed E-state index contributed by atoms with van der Waals surface area (Å²) in [5.41, 5.74) is 7.00. The number of nitrogen functional groups attached to an aromatic ring is 1. The number of aromatic nitrogens is 2. The Bertz CT molecular complexity index is 810. The van der Waals surface area contributed by atoms with Gasteiger partial charge in [0.25, 0.3) is 5.89 Å². The second-order valence-electron chi connectivity index (χ2n) is 7.20. The predicted octanol–water partition coefficient (Wildman–Crippen LogP) is 3.41. The van der Waals surface area contributed by atoms with E-state index >= 15 is 0 Å². The average molecular weight is 393 g/mol. The summed E-state index contributed by atoms with van der Waals surface area (Å²) in [6.07, 6.45) is 4.47. The molecule has 0 radical (unpaired) electrons. The van der Waals surface area contributed by atoms with Crippen LogP contribution in [0.4, 0.5) is 5.69 Å². The van der Waals surface area contributed by atoms with Crippen molar-refractivity contribution in [3.63, 3.8) is 0 Å². The molecule has 1 atom stereocenters. The van der Waals surface area contributed by atoms with Crippen molar-refractivity contribution in [1.82, 2.24) is 15.0 Å². The number of hydrogen-bond donors (Lipinski definition) is 1. The third-order valence-corrected chi connectivity index (χ3v) is 5.48. The van der Waals surface area contributed by atoms with E-state index in [2.05, 4.69) is 22.0 Å². The van der Waals surface area contributed by atoms with Gasteiger partial charge < -0.3 is 24.6 Å². The van der Waals surface area contributed by atoms with Crippen molar-refractivity contribution in [3.05, 3.63) is 16.9 Å². The summed E-state index contributed by atoms with van der Waals surface area (Å²) in [6.45, 7) is 6.54. The van der Waals surface area contributed by atoms with Crippen LogP contribution in [-0.2, 0) is 6.42 Å². The maximum absolute atomic E-state index is 6.25. The van der Waals surface area contributed by atoms with Gasteiger partial charge in [0.05, 0.1) is 16.3 Å². The zero-order valence-electron chi connectivity index (χ0n) is 15.5. The number of halogens is 1. The molecule has 1 aromatic carbocycles. The lowest BCUT2D eigenvalue weighted by Crippen LogP contribution is -2.22. The molecule has 2 N–H and O–H groups in total. The maximum Gasteiger partial charge on any atom is 0.261 e. The van der Waals surface area contributed by atoms with Crippen molar-refractivity contribution in [2.75, 3.05) is 38.6 Å². The van der Waals surface area contributed by atoms with Crippen LogP contribution >= 0.6 is 11.6 Å². The minimum Gasteiger partial charge on any atom is -0.485 e. The van der Waals surface area contributed by atoms with E-state index in [4.69, 9.17) is 31.3 Å². The van der Waals surface area contributed by atoms with Crippen molar-refractivity contribution in [3.8, 4) is 23.0 Å². The van der Waals surface area contributed by atoms with Crippen LogP contribution in [0.5, 0.6) is 11.5 Å². The predicted molar refractivity (Wildman–Crippen MR) is 103 cm³/mol. The van der Waals surface area contributed by atoms with Crippen LogP contribution in [0.15, 0.2) is 10.6 Å². The van der Waals surface area contributed by atoms with Crippen molar-refractivity contribution in [1.29, 1.82) is 0 Å². The lowest BCUT2D eigenvalue weighted by atomic mass is 10.0. The van der Waals surface area contributed by atoms with E-state index in [-0.39, 0.29) is 0 Å². The Hall–Kier alpha value is -1.99. The highest BCUT2D eigenvalue weighted by molar-refractivity contribution is 6.34. The number of nitrogens with two attached hydrogens (primary N) is 1. The fourth-order valence-electron chi connectivity index (χ4n) is 3.72. The third kappa shape index (κ3) is 3.84. The first-order valence-electron chi connectivity index (χ1n) is 9.58. The molecule has 0 bridgehead atoms. The molecule has 2 aromatic rings. The van der Waals surface area contributed by atoms with Crippen LogP contribution < -0.4 is 15.2 Å². The minimum atomic E-state index is 0.369. The lowest BCUT2D eigenvalue weighted by Gasteiger charge is -2.22. The largest absolute Gasteiger partial charge is 0.485 e. The molecule has 2 aliphatic heterocycles. The summed E-state index contributed by atoms with van der Waals surface area (Å²) in [5.74, 6) is 2.63. The summed E-state index contributed by atoms with van der Waals surface area (Å²) in [6, 6.07) is 1.70. The van der Waals surface area contributed by atoms with Gasteiger partial charge in [-0.1, -0.05) is 30.1 Å². The summed E-state index contributed by atoms with van der Waals surface area (Å²) in [7, 11) is 0. The first kappa shape index (κ1) is 18.4. The molecule has 1 unspecified atom stereocenters. The quantitative estimate of drug-likeness (QED) is 0.753. The van der Waals surface area contributed by atoms with E-state index in [1.807, 2.05) is 0 Å². The number of ether oxygens (including phenoxy) is 2. The van der Waals surface area contributed by atoms with E-state index in [9.17, 15) is 0 Å². The van der Waals surface area contributed by atoms with Gasteiger partial charge in [0, 0.05) is 13.0 Å². The molecule has 0 amide bonds. The Labute approximate surface area is 163 Å². The van der Waals surface area contributed by atoms with Crippen molar-refractivity contribution in [2.24, 2.45) is 5.92 Å². The Balaban J connectivity index is 1.50.